The van der Waals surface area contributed by atoms with Crippen molar-refractivity contribution in [1.29, 1.82) is 0 Å². The number of nitrogens with zero attached hydrogens (tertiary/aromatic N) is 1. The van der Waals surface area contributed by atoms with Crippen LogP contribution in [0.2, 0.25) is 0 Å². The van der Waals surface area contributed by atoms with Gasteiger partial charge in [-0.05, 0) is 49.1 Å². The third-order valence-corrected chi connectivity index (χ3v) is 5.10. The summed E-state index contributed by atoms with van der Waals surface area (Å²) >= 11 is 1.91. The molecule has 1 nitrogen and oxygen atoms in total. The molecule has 0 spiro atoms. The van der Waals surface area contributed by atoms with Crippen molar-refractivity contribution in [2.75, 3.05) is 18.0 Å². The predicted molar refractivity (Wildman–Crippen MR) is 90.2 cm³/mol. The minimum Gasteiger partial charge on any atom is -0.372 e. The fourth-order valence-electron chi connectivity index (χ4n) is 2.74. The number of benzene rings is 1. The molecule has 0 bridgehead atoms. The molecule has 1 heterocycles. The zero-order valence-corrected chi connectivity index (χ0v) is 13.2. The molecule has 1 aromatic rings. The lowest BCUT2D eigenvalue weighted by Gasteiger charge is -2.25. The highest BCUT2D eigenvalue weighted by Crippen LogP contribution is 2.44. The summed E-state index contributed by atoms with van der Waals surface area (Å²) in [5, 5.41) is 0. The van der Waals surface area contributed by atoms with Gasteiger partial charge in [0.25, 0.3) is 0 Å². The highest BCUT2D eigenvalue weighted by molar-refractivity contribution is 8.03. The molecule has 2 aliphatic rings. The molecule has 3 rings (SSSR count). The summed E-state index contributed by atoms with van der Waals surface area (Å²) in [6, 6.07) is 6.84. The summed E-state index contributed by atoms with van der Waals surface area (Å²) in [4.78, 5) is 5.19. The lowest BCUT2D eigenvalue weighted by molar-refractivity contribution is 0.864. The van der Waals surface area contributed by atoms with Crippen molar-refractivity contribution in [3.63, 3.8) is 0 Å². The second kappa shape index (κ2) is 5.53. The van der Waals surface area contributed by atoms with Gasteiger partial charge < -0.3 is 4.90 Å². The number of fused-ring (bicyclic) bond motifs is 2. The van der Waals surface area contributed by atoms with Gasteiger partial charge in [-0.25, -0.2) is 0 Å². The van der Waals surface area contributed by atoms with Gasteiger partial charge in [0.1, 0.15) is 0 Å². The van der Waals surface area contributed by atoms with E-state index in [0.717, 1.165) is 13.1 Å². The summed E-state index contributed by atoms with van der Waals surface area (Å²) in [7, 11) is 0. The first-order valence-corrected chi connectivity index (χ1v) is 8.22. The van der Waals surface area contributed by atoms with Crippen molar-refractivity contribution in [3.8, 4) is 0 Å². The van der Waals surface area contributed by atoms with Crippen LogP contribution in [0.15, 0.2) is 51.8 Å². The topological polar surface area (TPSA) is 3.24 Å². The normalized spacial score (nSPS) is 19.9. The van der Waals surface area contributed by atoms with E-state index in [1.165, 1.54) is 26.6 Å². The summed E-state index contributed by atoms with van der Waals surface area (Å²) in [5.41, 5.74) is 4.03. The maximum absolute atomic E-state index is 2.40. The fraction of sp³-hybridized carbons (Fsp3) is 0.333. The van der Waals surface area contributed by atoms with E-state index in [2.05, 4.69) is 68.2 Å². The first-order chi connectivity index (χ1) is 9.71. The van der Waals surface area contributed by atoms with Crippen LogP contribution in [0, 0.1) is 5.92 Å². The van der Waals surface area contributed by atoms with Crippen molar-refractivity contribution in [1.82, 2.24) is 0 Å². The van der Waals surface area contributed by atoms with Crippen LogP contribution in [0.4, 0.5) is 5.69 Å². The van der Waals surface area contributed by atoms with E-state index in [9.17, 15) is 0 Å². The first-order valence-electron chi connectivity index (χ1n) is 7.40. The Morgan fingerprint density at radius 2 is 2.00 bits per heavy atom. The van der Waals surface area contributed by atoms with Gasteiger partial charge in [-0.15, -0.1) is 0 Å². The Kier molecular flexibility index (Phi) is 3.75. The minimum absolute atomic E-state index is 0.544. The second-order valence-corrected chi connectivity index (χ2v) is 6.43. The molecule has 0 saturated carbocycles. The van der Waals surface area contributed by atoms with Gasteiger partial charge in [-0.1, -0.05) is 43.0 Å². The molecule has 0 fully saturated rings. The Morgan fingerprint density at radius 1 is 1.20 bits per heavy atom. The Morgan fingerprint density at radius 3 is 2.75 bits per heavy atom. The standard InChI is InChI=1S/C18H21NS/c1-4-19(5-2)16-9-8-15-11-14-7-6-13(3)10-17(14)20-18(15)12-16/h6-13H,4-5H2,1-3H3. The number of rotatable bonds is 3. The molecular weight excluding hydrogens is 262 g/mol. The van der Waals surface area contributed by atoms with E-state index < -0.39 is 0 Å². The van der Waals surface area contributed by atoms with Gasteiger partial charge >= 0.3 is 0 Å². The van der Waals surface area contributed by atoms with E-state index in [-0.39, 0.29) is 0 Å². The molecule has 0 aromatic heterocycles. The number of thioether (sulfide) groups is 1. The summed E-state index contributed by atoms with van der Waals surface area (Å²) < 4.78 is 0. The molecule has 1 aliphatic heterocycles. The minimum atomic E-state index is 0.544. The van der Waals surface area contributed by atoms with Crippen molar-refractivity contribution in [3.05, 3.63) is 52.5 Å². The van der Waals surface area contributed by atoms with Crippen molar-refractivity contribution in [2.45, 2.75) is 25.7 Å². The number of allylic oxidation sites excluding steroid dienone is 4. The number of hydrogen-bond donors (Lipinski definition) is 0. The molecule has 104 valence electrons. The number of anilines is 1. The van der Waals surface area contributed by atoms with Crippen molar-refractivity contribution < 1.29 is 0 Å². The largest absolute Gasteiger partial charge is 0.372 e. The SMILES string of the molecule is CCN(CC)c1ccc2c(c1)SC1=CC(C)C=CC1=C2. The Labute approximate surface area is 126 Å². The molecular formula is C18H21NS. The molecule has 1 aromatic carbocycles. The molecule has 1 aliphatic carbocycles. The van der Waals surface area contributed by atoms with Gasteiger partial charge in [0.2, 0.25) is 0 Å². The van der Waals surface area contributed by atoms with Gasteiger partial charge in [-0.2, -0.15) is 0 Å². The van der Waals surface area contributed by atoms with E-state index in [4.69, 9.17) is 0 Å². The van der Waals surface area contributed by atoms with Gasteiger partial charge in [-0.3, -0.25) is 0 Å². The Bertz CT molecular complexity index is 606. The molecule has 1 atom stereocenters. The first kappa shape index (κ1) is 13.6. The van der Waals surface area contributed by atoms with Gasteiger partial charge in [0.05, 0.1) is 0 Å². The van der Waals surface area contributed by atoms with Crippen LogP contribution in [0.5, 0.6) is 0 Å². The molecule has 0 N–H and O–H groups in total. The van der Waals surface area contributed by atoms with Crippen LogP contribution in [-0.4, -0.2) is 13.1 Å². The van der Waals surface area contributed by atoms with Crippen LogP contribution in [0.25, 0.3) is 6.08 Å². The highest BCUT2D eigenvalue weighted by Gasteiger charge is 2.18. The molecule has 0 amide bonds. The second-order valence-electron chi connectivity index (χ2n) is 5.35. The van der Waals surface area contributed by atoms with Crippen molar-refractivity contribution >= 4 is 23.5 Å². The maximum Gasteiger partial charge on any atom is 0.0377 e. The monoisotopic (exact) mass is 283 g/mol. The van der Waals surface area contributed by atoms with Crippen LogP contribution >= 0.6 is 11.8 Å². The van der Waals surface area contributed by atoms with Crippen LogP contribution < -0.4 is 4.90 Å². The van der Waals surface area contributed by atoms with Gasteiger partial charge in [0, 0.05) is 28.6 Å². The predicted octanol–water partition coefficient (Wildman–Crippen LogP) is 5.11. The smallest absolute Gasteiger partial charge is 0.0377 e. The molecule has 20 heavy (non-hydrogen) atoms. The average Bonchev–Trinajstić information content (AvgIpc) is 2.46. The van der Waals surface area contributed by atoms with E-state index >= 15 is 0 Å². The average molecular weight is 283 g/mol. The Hall–Kier alpha value is -1.41. The fourth-order valence-corrected chi connectivity index (χ4v) is 3.93. The van der Waals surface area contributed by atoms with Crippen LogP contribution in [0.3, 0.4) is 0 Å². The van der Waals surface area contributed by atoms with Crippen molar-refractivity contribution in [2.24, 2.45) is 5.92 Å². The maximum atomic E-state index is 2.40. The molecule has 0 radical (unpaired) electrons. The number of hydrogen-bond acceptors (Lipinski definition) is 2. The zero-order chi connectivity index (χ0) is 14.1. The molecule has 1 unspecified atom stereocenters. The van der Waals surface area contributed by atoms with Crippen LogP contribution in [0.1, 0.15) is 26.3 Å². The lowest BCUT2D eigenvalue weighted by atomic mass is 9.99. The van der Waals surface area contributed by atoms with E-state index in [0.29, 0.717) is 5.92 Å². The molecule has 0 saturated heterocycles. The quantitative estimate of drug-likeness (QED) is 0.758. The van der Waals surface area contributed by atoms with E-state index in [1.807, 2.05) is 11.8 Å². The summed E-state index contributed by atoms with van der Waals surface area (Å²) in [6.07, 6.45) is 9.20. The summed E-state index contributed by atoms with van der Waals surface area (Å²) in [5.74, 6) is 0.544. The highest BCUT2D eigenvalue weighted by atomic mass is 32.2. The van der Waals surface area contributed by atoms with E-state index in [1.54, 1.807) is 0 Å². The summed E-state index contributed by atoms with van der Waals surface area (Å²) in [6.45, 7) is 8.78. The third-order valence-electron chi connectivity index (χ3n) is 3.93. The molecule has 2 heteroatoms. The van der Waals surface area contributed by atoms with Crippen LogP contribution in [-0.2, 0) is 0 Å². The van der Waals surface area contributed by atoms with Gasteiger partial charge in [0.15, 0.2) is 0 Å². The lowest BCUT2D eigenvalue weighted by Crippen LogP contribution is -2.21. The zero-order valence-electron chi connectivity index (χ0n) is 12.4. The third kappa shape index (κ3) is 2.45. The Balaban J connectivity index is 1.99.